The molecule has 2 heterocycles. The summed E-state index contributed by atoms with van der Waals surface area (Å²) in [6, 6.07) is 4.97. The Balaban J connectivity index is 2.09. The van der Waals surface area contributed by atoms with Gasteiger partial charge in [-0.25, -0.2) is 9.98 Å². The van der Waals surface area contributed by atoms with E-state index in [-0.39, 0.29) is 19.0 Å². The Morgan fingerprint density at radius 2 is 2.03 bits per heavy atom. The predicted octanol–water partition coefficient (Wildman–Crippen LogP) is 3.20. The van der Waals surface area contributed by atoms with Crippen molar-refractivity contribution < 1.29 is 27.4 Å². The van der Waals surface area contributed by atoms with E-state index in [9.17, 15) is 18.3 Å². The third kappa shape index (κ3) is 6.94. The number of ether oxygens (including phenoxy) is 1. The number of alkyl halides is 3. The molecule has 10 heteroatoms. The van der Waals surface area contributed by atoms with Gasteiger partial charge in [0.05, 0.1) is 13.1 Å². The zero-order valence-corrected chi connectivity index (χ0v) is 17.4. The number of aliphatic hydroxyl groups is 1. The lowest BCUT2D eigenvalue weighted by atomic mass is 9.96. The molecule has 2 aromatic rings. The van der Waals surface area contributed by atoms with Gasteiger partial charge in [-0.3, -0.25) is 0 Å². The smallest absolute Gasteiger partial charge is 0.422 e. The van der Waals surface area contributed by atoms with Crippen LogP contribution in [0.2, 0.25) is 0 Å². The topological polar surface area (TPSA) is 91.9 Å². The second-order valence-corrected chi connectivity index (χ2v) is 7.02. The number of aryl methyl sites for hydroxylation is 2. The summed E-state index contributed by atoms with van der Waals surface area (Å²) >= 11 is 0. The van der Waals surface area contributed by atoms with Crippen molar-refractivity contribution in [1.29, 1.82) is 0 Å². The fourth-order valence-electron chi connectivity index (χ4n) is 2.85. The van der Waals surface area contributed by atoms with Crippen LogP contribution >= 0.6 is 0 Å². The van der Waals surface area contributed by atoms with Crippen LogP contribution in [-0.2, 0) is 12.1 Å². The molecular formula is C20H27F3N4O3. The molecule has 1 atom stereocenters. The monoisotopic (exact) mass is 428 g/mol. The summed E-state index contributed by atoms with van der Waals surface area (Å²) in [5.41, 5.74) is -0.140. The Morgan fingerprint density at radius 3 is 2.63 bits per heavy atom. The van der Waals surface area contributed by atoms with Gasteiger partial charge < -0.3 is 24.9 Å². The molecule has 30 heavy (non-hydrogen) atoms. The third-order valence-electron chi connectivity index (χ3n) is 4.20. The first-order valence-corrected chi connectivity index (χ1v) is 9.47. The summed E-state index contributed by atoms with van der Waals surface area (Å²) in [5.74, 6) is 1.60. The molecule has 3 N–H and O–H groups in total. The van der Waals surface area contributed by atoms with Crippen molar-refractivity contribution in [2.45, 2.75) is 46.0 Å². The average Bonchev–Trinajstić information content (AvgIpc) is 3.01. The Hall–Kier alpha value is -2.75. The van der Waals surface area contributed by atoms with Crippen LogP contribution in [0.3, 0.4) is 0 Å². The molecule has 2 rings (SSSR count). The molecule has 0 aliphatic carbocycles. The Morgan fingerprint density at radius 1 is 1.30 bits per heavy atom. The Kier molecular flexibility index (Phi) is 7.71. The van der Waals surface area contributed by atoms with Crippen molar-refractivity contribution >= 4 is 5.96 Å². The van der Waals surface area contributed by atoms with Crippen molar-refractivity contribution in [3.05, 3.63) is 47.0 Å². The first kappa shape index (κ1) is 23.5. The number of aromatic nitrogens is 1. The fraction of sp³-hybridized carbons (Fsp3) is 0.500. The molecule has 0 saturated heterocycles. The SMILES string of the molecule is CCNC(=NCc1cccnc1OCC(F)(F)F)NCC(C)(O)c1cc(C)oc1C. The van der Waals surface area contributed by atoms with Gasteiger partial charge in [0.2, 0.25) is 5.88 Å². The largest absolute Gasteiger partial charge is 0.468 e. The van der Waals surface area contributed by atoms with Gasteiger partial charge in [-0.05, 0) is 39.8 Å². The molecule has 0 radical (unpaired) electrons. The van der Waals surface area contributed by atoms with Crippen molar-refractivity contribution in [3.8, 4) is 5.88 Å². The number of furan rings is 1. The highest BCUT2D eigenvalue weighted by atomic mass is 19.4. The first-order valence-electron chi connectivity index (χ1n) is 9.47. The van der Waals surface area contributed by atoms with Crippen LogP contribution in [-0.4, -0.2) is 41.9 Å². The van der Waals surface area contributed by atoms with E-state index in [1.807, 2.05) is 6.92 Å². The summed E-state index contributed by atoms with van der Waals surface area (Å²) in [7, 11) is 0. The van der Waals surface area contributed by atoms with Crippen LogP contribution < -0.4 is 15.4 Å². The van der Waals surface area contributed by atoms with Gasteiger partial charge in [-0.15, -0.1) is 0 Å². The molecule has 1 unspecified atom stereocenters. The van der Waals surface area contributed by atoms with E-state index < -0.39 is 18.4 Å². The maximum Gasteiger partial charge on any atom is 0.422 e. The molecule has 0 bridgehead atoms. The number of nitrogens with one attached hydrogen (secondary N) is 2. The minimum atomic E-state index is -4.45. The van der Waals surface area contributed by atoms with E-state index in [2.05, 4.69) is 20.6 Å². The van der Waals surface area contributed by atoms with Gasteiger partial charge >= 0.3 is 6.18 Å². The third-order valence-corrected chi connectivity index (χ3v) is 4.20. The quantitative estimate of drug-likeness (QED) is 0.442. The van der Waals surface area contributed by atoms with E-state index in [4.69, 9.17) is 9.15 Å². The fourth-order valence-corrected chi connectivity index (χ4v) is 2.85. The second-order valence-electron chi connectivity index (χ2n) is 7.02. The van der Waals surface area contributed by atoms with E-state index >= 15 is 0 Å². The molecular weight excluding hydrogens is 401 g/mol. The Labute approximate surface area is 173 Å². The highest BCUT2D eigenvalue weighted by Gasteiger charge is 2.29. The zero-order valence-electron chi connectivity index (χ0n) is 17.4. The molecule has 0 aliphatic heterocycles. The summed E-state index contributed by atoms with van der Waals surface area (Å²) in [5, 5.41) is 16.9. The molecule has 0 amide bonds. The lowest BCUT2D eigenvalue weighted by Gasteiger charge is -2.24. The van der Waals surface area contributed by atoms with E-state index in [0.717, 1.165) is 0 Å². The van der Waals surface area contributed by atoms with Crippen LogP contribution in [0.5, 0.6) is 5.88 Å². The van der Waals surface area contributed by atoms with Crippen molar-refractivity contribution in [2.75, 3.05) is 19.7 Å². The van der Waals surface area contributed by atoms with Crippen molar-refractivity contribution in [1.82, 2.24) is 15.6 Å². The van der Waals surface area contributed by atoms with Gasteiger partial charge in [-0.2, -0.15) is 13.2 Å². The van der Waals surface area contributed by atoms with Gasteiger partial charge in [-0.1, -0.05) is 6.07 Å². The maximum atomic E-state index is 12.4. The van der Waals surface area contributed by atoms with Crippen LogP contribution in [0, 0.1) is 13.8 Å². The van der Waals surface area contributed by atoms with Gasteiger partial charge in [0.25, 0.3) is 0 Å². The zero-order chi connectivity index (χ0) is 22.4. The van der Waals surface area contributed by atoms with E-state index in [1.54, 1.807) is 39.0 Å². The highest BCUT2D eigenvalue weighted by Crippen LogP contribution is 2.26. The lowest BCUT2D eigenvalue weighted by molar-refractivity contribution is -0.154. The number of rotatable bonds is 8. The van der Waals surface area contributed by atoms with Crippen LogP contribution in [0.15, 0.2) is 33.8 Å². The number of pyridine rings is 1. The van der Waals surface area contributed by atoms with Crippen LogP contribution in [0.4, 0.5) is 13.2 Å². The predicted molar refractivity (Wildman–Crippen MR) is 106 cm³/mol. The van der Waals surface area contributed by atoms with E-state index in [0.29, 0.717) is 35.2 Å². The lowest BCUT2D eigenvalue weighted by Crippen LogP contribution is -2.44. The molecule has 0 spiro atoms. The molecule has 0 aliphatic rings. The van der Waals surface area contributed by atoms with Crippen LogP contribution in [0.1, 0.15) is 36.5 Å². The van der Waals surface area contributed by atoms with Crippen molar-refractivity contribution in [3.63, 3.8) is 0 Å². The van der Waals surface area contributed by atoms with E-state index in [1.165, 1.54) is 6.20 Å². The maximum absolute atomic E-state index is 12.4. The molecule has 7 nitrogen and oxygen atoms in total. The summed E-state index contributed by atoms with van der Waals surface area (Å²) < 4.78 is 47.6. The highest BCUT2D eigenvalue weighted by molar-refractivity contribution is 5.79. The molecule has 166 valence electrons. The molecule has 0 aromatic carbocycles. The molecule has 0 fully saturated rings. The number of hydrogen-bond donors (Lipinski definition) is 3. The number of hydrogen-bond acceptors (Lipinski definition) is 5. The van der Waals surface area contributed by atoms with Crippen LogP contribution in [0.25, 0.3) is 0 Å². The minimum Gasteiger partial charge on any atom is -0.468 e. The minimum absolute atomic E-state index is 0.0440. The summed E-state index contributed by atoms with van der Waals surface area (Å²) in [6.07, 6.45) is -3.10. The normalized spacial score (nSPS) is 14.3. The first-order chi connectivity index (χ1) is 14.0. The molecule has 0 saturated carbocycles. The van der Waals surface area contributed by atoms with Gasteiger partial charge in [0, 0.05) is 23.9 Å². The number of halogens is 3. The van der Waals surface area contributed by atoms with Crippen molar-refractivity contribution in [2.24, 2.45) is 4.99 Å². The van der Waals surface area contributed by atoms with Gasteiger partial charge in [0.1, 0.15) is 17.1 Å². The summed E-state index contributed by atoms with van der Waals surface area (Å²) in [6.45, 7) is 6.43. The number of nitrogens with zero attached hydrogens (tertiary/aromatic N) is 2. The summed E-state index contributed by atoms with van der Waals surface area (Å²) in [4.78, 5) is 8.23. The van der Waals surface area contributed by atoms with Gasteiger partial charge in [0.15, 0.2) is 12.6 Å². The average molecular weight is 428 g/mol. The number of guanidine groups is 1. The number of aliphatic imine (C=N–C) groups is 1. The molecule has 2 aromatic heterocycles. The second kappa shape index (κ2) is 9.84. The standard InChI is InChI=1S/C20H27F3N4O3/c1-5-24-18(27-11-19(4,28)16-9-13(2)30-14(16)3)26-10-15-7-6-8-25-17(15)29-12-20(21,22)23/h6-9,28H,5,10-12H2,1-4H3,(H2,24,26,27). The Bertz CT molecular complexity index is 863.